The summed E-state index contributed by atoms with van der Waals surface area (Å²) < 4.78 is 2.05. The highest BCUT2D eigenvalue weighted by atomic mass is 35.5. The molecule has 0 atom stereocenters. The van der Waals surface area contributed by atoms with Gasteiger partial charge in [0.05, 0.1) is 5.69 Å². The van der Waals surface area contributed by atoms with Crippen LogP contribution in [0.1, 0.15) is 80.1 Å². The summed E-state index contributed by atoms with van der Waals surface area (Å²) in [5, 5.41) is 0. The van der Waals surface area contributed by atoms with Gasteiger partial charge in [-0.05, 0) is 87.5 Å². The zero-order chi connectivity index (χ0) is 22.1. The van der Waals surface area contributed by atoms with Gasteiger partial charge in [0.25, 0.3) is 0 Å². The Kier molecular flexibility index (Phi) is 11.0. The summed E-state index contributed by atoms with van der Waals surface area (Å²) in [6.07, 6.45) is 9.90. The largest absolute Gasteiger partial charge is 0.313 e. The molecule has 0 fully saturated rings. The highest BCUT2D eigenvalue weighted by Gasteiger charge is 2.18. The number of benzene rings is 1. The Labute approximate surface area is 200 Å². The van der Waals surface area contributed by atoms with Crippen LogP contribution >= 0.6 is 12.4 Å². The highest BCUT2D eigenvalue weighted by Crippen LogP contribution is 2.22. The summed E-state index contributed by atoms with van der Waals surface area (Å²) in [5.41, 5.74) is 5.19. The first-order valence-corrected chi connectivity index (χ1v) is 12.1. The zero-order valence-electron chi connectivity index (χ0n) is 20.0. The molecule has 4 heteroatoms. The minimum Gasteiger partial charge on any atom is -0.313 e. The molecule has 0 N–H and O–H groups in total. The molecule has 0 aliphatic heterocycles. The van der Waals surface area contributed by atoms with Crippen LogP contribution in [0.25, 0.3) is 5.52 Å². The van der Waals surface area contributed by atoms with Crippen molar-refractivity contribution in [3.05, 3.63) is 77.1 Å². The lowest BCUT2D eigenvalue weighted by Crippen LogP contribution is -2.25. The van der Waals surface area contributed by atoms with E-state index in [4.69, 9.17) is 0 Å². The van der Waals surface area contributed by atoms with E-state index in [0.29, 0.717) is 0 Å². The summed E-state index contributed by atoms with van der Waals surface area (Å²) in [6.45, 7) is 10.2. The Morgan fingerprint density at radius 3 is 2.34 bits per heavy atom. The van der Waals surface area contributed by atoms with Crippen molar-refractivity contribution in [3.8, 4) is 0 Å². The van der Waals surface area contributed by atoms with Crippen LogP contribution in [0.15, 0.2) is 54.7 Å². The molecule has 0 aliphatic carbocycles. The monoisotopic (exact) mass is 454 g/mol. The number of hydrogen-bond acceptors (Lipinski definition) is 2. The predicted octanol–water partition coefficient (Wildman–Crippen LogP) is 6.99. The van der Waals surface area contributed by atoms with Gasteiger partial charge < -0.3 is 9.30 Å². The molecule has 0 unspecified atom stereocenters. The quantitative estimate of drug-likeness (QED) is 0.205. The molecule has 3 rings (SSSR count). The molecule has 1 aromatic carbocycles. The molecule has 0 bridgehead atoms. The fourth-order valence-electron chi connectivity index (χ4n) is 4.36. The van der Waals surface area contributed by atoms with E-state index in [-0.39, 0.29) is 18.2 Å². The Bertz CT molecular complexity index is 961. The first kappa shape index (κ1) is 26.2. The number of pyridine rings is 1. The first-order valence-electron chi connectivity index (χ1n) is 12.1. The molecule has 0 spiro atoms. The molecule has 0 amide bonds. The fraction of sp³-hybridized carbons (Fsp3) is 0.464. The number of aryl methyl sites for hydroxylation is 2. The molecule has 3 nitrogen and oxygen atoms in total. The van der Waals surface area contributed by atoms with Crippen molar-refractivity contribution in [2.75, 3.05) is 19.6 Å². The maximum atomic E-state index is 13.4. The van der Waals surface area contributed by atoms with Crippen molar-refractivity contribution in [2.24, 2.45) is 0 Å². The average molecular weight is 455 g/mol. The van der Waals surface area contributed by atoms with Gasteiger partial charge >= 0.3 is 0 Å². The second kappa shape index (κ2) is 13.4. The number of rotatable bonds is 13. The zero-order valence-corrected chi connectivity index (χ0v) is 20.8. The van der Waals surface area contributed by atoms with Gasteiger partial charge in [0.1, 0.15) is 0 Å². The SMILES string of the molecule is CCCCc1cc2ccccn2c1C(=O)c1ccc(CCCCN(CC)CCC)cc1.Cl. The number of unbranched alkanes of at least 4 members (excludes halogenated alkanes) is 2. The predicted molar refractivity (Wildman–Crippen MR) is 138 cm³/mol. The molecule has 2 heterocycles. The lowest BCUT2D eigenvalue weighted by molar-refractivity contribution is 0.103. The normalized spacial score (nSPS) is 11.1. The minimum atomic E-state index is 0. The van der Waals surface area contributed by atoms with Gasteiger partial charge in [0, 0.05) is 17.3 Å². The summed E-state index contributed by atoms with van der Waals surface area (Å²) in [6, 6.07) is 16.6. The number of hydrogen-bond donors (Lipinski definition) is 0. The Morgan fingerprint density at radius 1 is 0.875 bits per heavy atom. The molecule has 32 heavy (non-hydrogen) atoms. The van der Waals surface area contributed by atoms with Crippen molar-refractivity contribution < 1.29 is 4.79 Å². The van der Waals surface area contributed by atoms with Gasteiger partial charge in [0.15, 0.2) is 0 Å². The third-order valence-corrected chi connectivity index (χ3v) is 6.17. The molecule has 2 aromatic heterocycles. The molecule has 0 radical (unpaired) electrons. The van der Waals surface area contributed by atoms with Crippen molar-refractivity contribution in [3.63, 3.8) is 0 Å². The number of carbonyl (C=O) groups excluding carboxylic acids is 1. The van der Waals surface area contributed by atoms with Gasteiger partial charge in [-0.25, -0.2) is 0 Å². The number of aromatic nitrogens is 1. The number of ketones is 1. The van der Waals surface area contributed by atoms with E-state index in [9.17, 15) is 4.79 Å². The Balaban J connectivity index is 0.00000363. The topological polar surface area (TPSA) is 24.7 Å². The van der Waals surface area contributed by atoms with Crippen LogP contribution in [0.2, 0.25) is 0 Å². The molecule has 174 valence electrons. The summed E-state index contributed by atoms with van der Waals surface area (Å²) >= 11 is 0. The summed E-state index contributed by atoms with van der Waals surface area (Å²) in [4.78, 5) is 15.9. The maximum Gasteiger partial charge on any atom is 0.210 e. The summed E-state index contributed by atoms with van der Waals surface area (Å²) in [5.74, 6) is 0.127. The highest BCUT2D eigenvalue weighted by molar-refractivity contribution is 6.09. The van der Waals surface area contributed by atoms with Gasteiger partial charge in [-0.15, -0.1) is 12.4 Å². The van der Waals surface area contributed by atoms with E-state index >= 15 is 0 Å². The standard InChI is InChI=1S/C28H38N2O.ClH/c1-4-7-13-25-22-26-14-9-11-21-30(26)27(25)28(31)24-17-15-23(16-18-24)12-8-10-20-29(6-3)19-5-2;/h9,11,14-18,21-22H,4-8,10,12-13,19-20H2,1-3H3;1H. The van der Waals surface area contributed by atoms with Gasteiger partial charge in [-0.1, -0.05) is 57.5 Å². The van der Waals surface area contributed by atoms with Crippen LogP contribution in [0.3, 0.4) is 0 Å². The van der Waals surface area contributed by atoms with Crippen LogP contribution in [0.5, 0.6) is 0 Å². The number of carbonyl (C=O) groups is 1. The van der Waals surface area contributed by atoms with Crippen LogP contribution in [0, 0.1) is 0 Å². The smallest absolute Gasteiger partial charge is 0.210 e. The maximum absolute atomic E-state index is 13.4. The average Bonchev–Trinajstić information content (AvgIpc) is 3.18. The number of fused-ring (bicyclic) bond motifs is 1. The van der Waals surface area contributed by atoms with E-state index in [1.807, 2.05) is 30.5 Å². The van der Waals surface area contributed by atoms with Crippen LogP contribution in [-0.4, -0.2) is 34.7 Å². The molecular formula is C28H39ClN2O. The van der Waals surface area contributed by atoms with E-state index in [1.54, 1.807) is 0 Å². The molecule has 0 saturated heterocycles. The lowest BCUT2D eigenvalue weighted by Gasteiger charge is -2.19. The second-order valence-corrected chi connectivity index (χ2v) is 8.53. The second-order valence-electron chi connectivity index (χ2n) is 8.53. The number of halogens is 1. The van der Waals surface area contributed by atoms with Crippen LogP contribution in [-0.2, 0) is 12.8 Å². The molecule has 3 aromatic rings. The molecule has 0 saturated carbocycles. The first-order chi connectivity index (χ1) is 15.2. The van der Waals surface area contributed by atoms with E-state index in [2.05, 4.69) is 54.3 Å². The summed E-state index contributed by atoms with van der Waals surface area (Å²) in [7, 11) is 0. The van der Waals surface area contributed by atoms with Crippen molar-refractivity contribution in [1.29, 1.82) is 0 Å². The van der Waals surface area contributed by atoms with Gasteiger partial charge in [0.2, 0.25) is 5.78 Å². The van der Waals surface area contributed by atoms with Crippen molar-refractivity contribution in [1.82, 2.24) is 9.30 Å². The van der Waals surface area contributed by atoms with Crippen LogP contribution < -0.4 is 0 Å². The fourth-order valence-corrected chi connectivity index (χ4v) is 4.36. The Morgan fingerprint density at radius 2 is 1.66 bits per heavy atom. The van der Waals surface area contributed by atoms with Crippen molar-refractivity contribution in [2.45, 2.75) is 65.7 Å². The Hall–Kier alpha value is -2.10. The lowest BCUT2D eigenvalue weighted by atomic mass is 10.00. The number of nitrogens with zero attached hydrogens (tertiary/aromatic N) is 2. The molecule has 0 aliphatic rings. The minimum absolute atomic E-state index is 0. The van der Waals surface area contributed by atoms with E-state index < -0.39 is 0 Å². The molecular weight excluding hydrogens is 416 g/mol. The van der Waals surface area contributed by atoms with E-state index in [1.165, 1.54) is 37.9 Å². The van der Waals surface area contributed by atoms with Gasteiger partial charge in [-0.3, -0.25) is 4.79 Å². The van der Waals surface area contributed by atoms with Crippen molar-refractivity contribution >= 4 is 23.7 Å². The third kappa shape index (κ3) is 6.70. The van der Waals surface area contributed by atoms with Gasteiger partial charge in [-0.2, -0.15) is 0 Å². The third-order valence-electron chi connectivity index (χ3n) is 6.17. The van der Waals surface area contributed by atoms with E-state index in [0.717, 1.165) is 54.6 Å². The van der Waals surface area contributed by atoms with Crippen LogP contribution in [0.4, 0.5) is 0 Å².